The van der Waals surface area contributed by atoms with Crippen molar-refractivity contribution in [3.63, 3.8) is 0 Å². The standard InChI is InChI=1S/C9H10BrNO2/c1-5(11)6-2-8-9(3-7(6)10)13-4-12-8/h2-3,5H,4,11H2,1H3/t5-/m0/s1. The lowest BCUT2D eigenvalue weighted by Crippen LogP contribution is -2.05. The Morgan fingerprint density at radius 2 is 2.00 bits per heavy atom. The van der Waals surface area contributed by atoms with Crippen molar-refractivity contribution in [3.8, 4) is 11.5 Å². The molecule has 1 aliphatic heterocycles. The number of benzene rings is 1. The molecule has 1 aliphatic rings. The van der Waals surface area contributed by atoms with Gasteiger partial charge in [0.25, 0.3) is 0 Å². The van der Waals surface area contributed by atoms with Gasteiger partial charge in [-0.3, -0.25) is 0 Å². The molecule has 13 heavy (non-hydrogen) atoms. The van der Waals surface area contributed by atoms with Gasteiger partial charge in [0.2, 0.25) is 6.79 Å². The quantitative estimate of drug-likeness (QED) is 0.823. The molecule has 2 N–H and O–H groups in total. The van der Waals surface area contributed by atoms with Crippen LogP contribution >= 0.6 is 15.9 Å². The minimum Gasteiger partial charge on any atom is -0.454 e. The Bertz CT molecular complexity index is 339. The summed E-state index contributed by atoms with van der Waals surface area (Å²) < 4.78 is 11.4. The minimum absolute atomic E-state index is 0.0103. The monoisotopic (exact) mass is 243 g/mol. The molecule has 1 atom stereocenters. The number of rotatable bonds is 1. The van der Waals surface area contributed by atoms with Crippen molar-refractivity contribution in [3.05, 3.63) is 22.2 Å². The van der Waals surface area contributed by atoms with Crippen LogP contribution in [0.15, 0.2) is 16.6 Å². The van der Waals surface area contributed by atoms with Crippen LogP contribution in [-0.2, 0) is 0 Å². The largest absolute Gasteiger partial charge is 0.454 e. The number of fused-ring (bicyclic) bond motifs is 1. The molecular weight excluding hydrogens is 234 g/mol. The Hall–Kier alpha value is -0.740. The van der Waals surface area contributed by atoms with E-state index in [1.807, 2.05) is 19.1 Å². The summed E-state index contributed by atoms with van der Waals surface area (Å²) >= 11 is 3.43. The molecular formula is C9H10BrNO2. The Balaban J connectivity index is 2.49. The maximum Gasteiger partial charge on any atom is 0.231 e. The summed E-state index contributed by atoms with van der Waals surface area (Å²) in [6.07, 6.45) is 0. The Kier molecular flexibility index (Phi) is 2.17. The number of nitrogens with two attached hydrogens (primary N) is 1. The average Bonchev–Trinajstić information content (AvgIpc) is 2.48. The van der Waals surface area contributed by atoms with E-state index in [0.29, 0.717) is 6.79 Å². The second kappa shape index (κ2) is 3.20. The molecule has 0 bridgehead atoms. The smallest absolute Gasteiger partial charge is 0.231 e. The topological polar surface area (TPSA) is 44.5 Å². The second-order valence-electron chi connectivity index (χ2n) is 3.02. The summed E-state index contributed by atoms with van der Waals surface area (Å²) in [7, 11) is 0. The van der Waals surface area contributed by atoms with Crippen LogP contribution in [0, 0.1) is 0 Å². The van der Waals surface area contributed by atoms with E-state index < -0.39 is 0 Å². The summed E-state index contributed by atoms with van der Waals surface area (Å²) in [6.45, 7) is 2.23. The van der Waals surface area contributed by atoms with Crippen molar-refractivity contribution in [2.24, 2.45) is 5.73 Å². The van der Waals surface area contributed by atoms with E-state index >= 15 is 0 Å². The fourth-order valence-electron chi connectivity index (χ4n) is 1.28. The molecule has 0 radical (unpaired) electrons. The number of ether oxygens (including phenoxy) is 2. The van der Waals surface area contributed by atoms with Gasteiger partial charge in [-0.2, -0.15) is 0 Å². The Morgan fingerprint density at radius 1 is 1.38 bits per heavy atom. The first-order valence-corrected chi connectivity index (χ1v) is 4.82. The first-order valence-electron chi connectivity index (χ1n) is 4.03. The third-order valence-electron chi connectivity index (χ3n) is 1.98. The van der Waals surface area contributed by atoms with Crippen molar-refractivity contribution in [1.29, 1.82) is 0 Å². The van der Waals surface area contributed by atoms with Crippen LogP contribution in [0.4, 0.5) is 0 Å². The van der Waals surface area contributed by atoms with E-state index in [1.165, 1.54) is 0 Å². The number of hydrogen-bond acceptors (Lipinski definition) is 3. The maximum atomic E-state index is 5.78. The lowest BCUT2D eigenvalue weighted by Gasteiger charge is -2.09. The summed E-state index contributed by atoms with van der Waals surface area (Å²) in [5, 5.41) is 0. The van der Waals surface area contributed by atoms with E-state index in [0.717, 1.165) is 21.5 Å². The molecule has 0 saturated carbocycles. The molecule has 4 heteroatoms. The van der Waals surface area contributed by atoms with Gasteiger partial charge >= 0.3 is 0 Å². The van der Waals surface area contributed by atoms with Crippen molar-refractivity contribution in [1.82, 2.24) is 0 Å². The highest BCUT2D eigenvalue weighted by Crippen LogP contribution is 2.38. The lowest BCUT2D eigenvalue weighted by molar-refractivity contribution is 0.174. The SMILES string of the molecule is C[C@H](N)c1cc2c(cc1Br)OCO2. The third kappa shape index (κ3) is 1.51. The number of halogens is 1. The highest BCUT2D eigenvalue weighted by atomic mass is 79.9. The normalized spacial score (nSPS) is 15.9. The van der Waals surface area contributed by atoms with E-state index in [9.17, 15) is 0 Å². The van der Waals surface area contributed by atoms with Crippen molar-refractivity contribution in [2.75, 3.05) is 6.79 Å². The highest BCUT2D eigenvalue weighted by molar-refractivity contribution is 9.10. The van der Waals surface area contributed by atoms with E-state index in [-0.39, 0.29) is 6.04 Å². The van der Waals surface area contributed by atoms with Crippen LogP contribution < -0.4 is 15.2 Å². The van der Waals surface area contributed by atoms with Gasteiger partial charge in [-0.15, -0.1) is 0 Å². The van der Waals surface area contributed by atoms with Gasteiger partial charge < -0.3 is 15.2 Å². The van der Waals surface area contributed by atoms with Gasteiger partial charge in [0, 0.05) is 10.5 Å². The molecule has 1 aromatic carbocycles. The Labute approximate surface area is 85.0 Å². The molecule has 0 fully saturated rings. The molecule has 0 amide bonds. The van der Waals surface area contributed by atoms with Gasteiger partial charge in [-0.05, 0) is 24.6 Å². The lowest BCUT2D eigenvalue weighted by atomic mass is 10.1. The van der Waals surface area contributed by atoms with Crippen molar-refractivity contribution < 1.29 is 9.47 Å². The van der Waals surface area contributed by atoms with Gasteiger partial charge in [0.15, 0.2) is 11.5 Å². The summed E-state index contributed by atoms with van der Waals surface area (Å²) in [5.74, 6) is 1.55. The number of hydrogen-bond donors (Lipinski definition) is 1. The molecule has 70 valence electrons. The fraction of sp³-hybridized carbons (Fsp3) is 0.333. The van der Waals surface area contributed by atoms with E-state index in [1.54, 1.807) is 0 Å². The molecule has 3 nitrogen and oxygen atoms in total. The van der Waals surface area contributed by atoms with Gasteiger partial charge in [0.05, 0.1) is 0 Å². The summed E-state index contributed by atoms with van der Waals surface area (Å²) in [6, 6.07) is 3.79. The fourth-order valence-corrected chi connectivity index (χ4v) is 1.97. The van der Waals surface area contributed by atoms with Gasteiger partial charge in [-0.1, -0.05) is 15.9 Å². The molecule has 0 aromatic heterocycles. The summed E-state index contributed by atoms with van der Waals surface area (Å²) in [5.41, 5.74) is 6.81. The predicted octanol–water partition coefficient (Wildman–Crippen LogP) is 2.20. The van der Waals surface area contributed by atoms with Gasteiger partial charge in [-0.25, -0.2) is 0 Å². The molecule has 1 aromatic rings. The highest BCUT2D eigenvalue weighted by Gasteiger charge is 2.17. The third-order valence-corrected chi connectivity index (χ3v) is 2.67. The van der Waals surface area contributed by atoms with Gasteiger partial charge in [0.1, 0.15) is 0 Å². The molecule has 1 heterocycles. The van der Waals surface area contributed by atoms with Crippen molar-refractivity contribution >= 4 is 15.9 Å². The second-order valence-corrected chi connectivity index (χ2v) is 3.87. The van der Waals surface area contributed by atoms with Crippen LogP contribution in [0.3, 0.4) is 0 Å². The maximum absolute atomic E-state index is 5.78. The molecule has 0 unspecified atom stereocenters. The van der Waals surface area contributed by atoms with Crippen LogP contribution in [0.2, 0.25) is 0 Å². The zero-order valence-electron chi connectivity index (χ0n) is 7.21. The summed E-state index contributed by atoms with van der Waals surface area (Å²) in [4.78, 5) is 0. The zero-order valence-corrected chi connectivity index (χ0v) is 8.80. The molecule has 0 aliphatic carbocycles. The van der Waals surface area contributed by atoms with Crippen LogP contribution in [0.5, 0.6) is 11.5 Å². The van der Waals surface area contributed by atoms with Crippen LogP contribution in [-0.4, -0.2) is 6.79 Å². The first kappa shape index (κ1) is 8.84. The zero-order chi connectivity index (χ0) is 9.42. The van der Waals surface area contributed by atoms with Crippen LogP contribution in [0.25, 0.3) is 0 Å². The van der Waals surface area contributed by atoms with E-state index in [2.05, 4.69) is 15.9 Å². The van der Waals surface area contributed by atoms with Crippen molar-refractivity contribution in [2.45, 2.75) is 13.0 Å². The molecule has 0 spiro atoms. The van der Waals surface area contributed by atoms with Crippen LogP contribution in [0.1, 0.15) is 18.5 Å². The molecule has 2 rings (SSSR count). The minimum atomic E-state index is -0.0103. The van der Waals surface area contributed by atoms with E-state index in [4.69, 9.17) is 15.2 Å². The predicted molar refractivity (Wildman–Crippen MR) is 52.9 cm³/mol. The first-order chi connectivity index (χ1) is 6.18. The average molecular weight is 244 g/mol. The molecule has 0 saturated heterocycles. The Morgan fingerprint density at radius 3 is 2.62 bits per heavy atom.